The molecule has 0 saturated heterocycles. The van der Waals surface area contributed by atoms with Gasteiger partial charge in [-0.15, -0.1) is 0 Å². The lowest BCUT2D eigenvalue weighted by molar-refractivity contribution is -0.384. The van der Waals surface area contributed by atoms with Crippen LogP contribution in [0.25, 0.3) is 0 Å². The number of anilines is 1. The number of nitro groups is 1. The number of amides is 1. The van der Waals surface area contributed by atoms with Gasteiger partial charge in [-0.25, -0.2) is 0 Å². The van der Waals surface area contributed by atoms with Crippen molar-refractivity contribution in [1.82, 2.24) is 0 Å². The van der Waals surface area contributed by atoms with Gasteiger partial charge in [0.05, 0.1) is 22.6 Å². The Labute approximate surface area is 144 Å². The Morgan fingerprint density at radius 1 is 1.32 bits per heavy atom. The van der Waals surface area contributed by atoms with E-state index in [0.717, 1.165) is 0 Å². The van der Waals surface area contributed by atoms with Gasteiger partial charge < -0.3 is 10.1 Å². The van der Waals surface area contributed by atoms with E-state index in [1.54, 1.807) is 18.2 Å². The number of nitro benzene ring substituents is 1. The average molecular weight is 433 g/mol. The number of hydrogen-bond donors (Lipinski definition) is 1. The second kappa shape index (κ2) is 6.93. The lowest BCUT2D eigenvalue weighted by Gasteiger charge is -2.09. The number of nitrogens with one attached hydrogen (secondary N) is 1. The summed E-state index contributed by atoms with van der Waals surface area (Å²) in [5.41, 5.74) is 0.554. The predicted molar refractivity (Wildman–Crippen MR) is 91.8 cm³/mol. The van der Waals surface area contributed by atoms with Crippen LogP contribution in [0.1, 0.15) is 10.4 Å². The Kier molecular flexibility index (Phi) is 5.19. The molecule has 0 bridgehead atoms. The smallest absolute Gasteiger partial charge is 0.270 e. The van der Waals surface area contributed by atoms with Crippen LogP contribution in [0.3, 0.4) is 0 Å². The molecule has 0 heterocycles. The summed E-state index contributed by atoms with van der Waals surface area (Å²) >= 11 is 7.94. The molecule has 2 aromatic rings. The van der Waals surface area contributed by atoms with E-state index in [1.807, 2.05) is 22.6 Å². The van der Waals surface area contributed by atoms with E-state index >= 15 is 0 Å². The van der Waals surface area contributed by atoms with Gasteiger partial charge in [-0.2, -0.15) is 0 Å². The molecular formula is C14H10ClIN2O4. The first-order valence-corrected chi connectivity index (χ1v) is 7.47. The molecule has 6 nitrogen and oxygen atoms in total. The van der Waals surface area contributed by atoms with Crippen molar-refractivity contribution in [2.75, 3.05) is 12.4 Å². The number of ether oxygens (including phenoxy) is 1. The summed E-state index contributed by atoms with van der Waals surface area (Å²) in [5.74, 6) is 0.0407. The van der Waals surface area contributed by atoms with E-state index in [9.17, 15) is 14.9 Å². The molecule has 0 unspecified atom stereocenters. The van der Waals surface area contributed by atoms with Gasteiger partial charge in [0.2, 0.25) is 0 Å². The molecule has 1 N–H and O–H groups in total. The summed E-state index contributed by atoms with van der Waals surface area (Å²) in [7, 11) is 1.49. The molecule has 114 valence electrons. The maximum absolute atomic E-state index is 12.3. The third-order valence-electron chi connectivity index (χ3n) is 2.82. The lowest BCUT2D eigenvalue weighted by atomic mass is 10.2. The third-order valence-corrected chi connectivity index (χ3v) is 4.05. The van der Waals surface area contributed by atoms with E-state index in [0.29, 0.717) is 20.0 Å². The second-order valence-electron chi connectivity index (χ2n) is 4.22. The zero-order valence-electron chi connectivity index (χ0n) is 11.3. The van der Waals surface area contributed by atoms with Crippen LogP contribution in [0, 0.1) is 13.7 Å². The zero-order valence-corrected chi connectivity index (χ0v) is 14.2. The fourth-order valence-corrected chi connectivity index (χ4v) is 2.58. The fraction of sp³-hybridized carbons (Fsp3) is 0.0714. The van der Waals surface area contributed by atoms with Crippen molar-refractivity contribution in [2.24, 2.45) is 0 Å². The summed E-state index contributed by atoms with van der Waals surface area (Å²) in [6.45, 7) is 0. The van der Waals surface area contributed by atoms with Gasteiger partial charge in [0.1, 0.15) is 5.75 Å². The van der Waals surface area contributed by atoms with E-state index in [2.05, 4.69) is 5.32 Å². The van der Waals surface area contributed by atoms with Crippen LogP contribution in [0.4, 0.5) is 11.4 Å². The number of rotatable bonds is 4. The summed E-state index contributed by atoms with van der Waals surface area (Å²) in [5, 5.41) is 13.8. The van der Waals surface area contributed by atoms with Crippen LogP contribution in [0.5, 0.6) is 5.75 Å². The van der Waals surface area contributed by atoms with Gasteiger partial charge in [-0.3, -0.25) is 14.9 Å². The standard InChI is InChI=1S/C14H10ClIN2O4/c1-22-13-5-2-8(6-11(13)15)17-14(19)10-7-9(18(20)21)3-4-12(10)16/h2-7H,1H3,(H,17,19). The SMILES string of the molecule is COc1ccc(NC(=O)c2cc([N+](=O)[O-])ccc2I)cc1Cl. The summed E-state index contributed by atoms with van der Waals surface area (Å²) in [6.07, 6.45) is 0. The third kappa shape index (κ3) is 3.66. The Morgan fingerprint density at radius 2 is 2.05 bits per heavy atom. The minimum atomic E-state index is -0.545. The molecule has 0 atom stereocenters. The number of nitrogens with zero attached hydrogens (tertiary/aromatic N) is 1. The number of carbonyl (C=O) groups excluding carboxylic acids is 1. The van der Waals surface area contributed by atoms with Crippen molar-refractivity contribution < 1.29 is 14.5 Å². The van der Waals surface area contributed by atoms with Crippen molar-refractivity contribution in [2.45, 2.75) is 0 Å². The van der Waals surface area contributed by atoms with Gasteiger partial charge in [0.15, 0.2) is 0 Å². The molecule has 0 radical (unpaired) electrons. The van der Waals surface area contributed by atoms with Crippen LogP contribution in [-0.4, -0.2) is 17.9 Å². The van der Waals surface area contributed by atoms with E-state index < -0.39 is 10.8 Å². The first kappa shape index (κ1) is 16.5. The Hall–Kier alpha value is -1.87. The highest BCUT2D eigenvalue weighted by Gasteiger charge is 2.16. The van der Waals surface area contributed by atoms with Crippen LogP contribution < -0.4 is 10.1 Å². The maximum atomic E-state index is 12.3. The molecule has 0 aliphatic heterocycles. The van der Waals surface area contributed by atoms with E-state index in [4.69, 9.17) is 16.3 Å². The largest absolute Gasteiger partial charge is 0.495 e. The minimum absolute atomic E-state index is 0.140. The molecule has 0 aliphatic rings. The molecule has 2 aromatic carbocycles. The van der Waals surface area contributed by atoms with E-state index in [1.165, 1.54) is 25.3 Å². The highest BCUT2D eigenvalue weighted by atomic mass is 127. The minimum Gasteiger partial charge on any atom is -0.495 e. The summed E-state index contributed by atoms with van der Waals surface area (Å²) in [6, 6.07) is 8.91. The number of carbonyl (C=O) groups is 1. The summed E-state index contributed by atoms with van der Waals surface area (Å²) < 4.78 is 5.64. The second-order valence-corrected chi connectivity index (χ2v) is 5.79. The quantitative estimate of drug-likeness (QED) is 0.448. The number of methoxy groups -OCH3 is 1. The number of halogens is 2. The molecule has 0 aromatic heterocycles. The molecule has 0 spiro atoms. The first-order chi connectivity index (χ1) is 10.4. The fourth-order valence-electron chi connectivity index (χ4n) is 1.74. The molecule has 0 fully saturated rings. The lowest BCUT2D eigenvalue weighted by Crippen LogP contribution is -2.13. The van der Waals surface area contributed by atoms with Crippen LogP contribution in [0.2, 0.25) is 5.02 Å². The zero-order chi connectivity index (χ0) is 16.3. The predicted octanol–water partition coefficient (Wildman–Crippen LogP) is 4.11. The number of benzene rings is 2. The summed E-state index contributed by atoms with van der Waals surface area (Å²) in [4.78, 5) is 22.5. The van der Waals surface area contributed by atoms with Crippen LogP contribution in [0.15, 0.2) is 36.4 Å². The van der Waals surface area contributed by atoms with Crippen molar-refractivity contribution in [1.29, 1.82) is 0 Å². The molecule has 2 rings (SSSR count). The maximum Gasteiger partial charge on any atom is 0.270 e. The molecule has 1 amide bonds. The normalized spacial score (nSPS) is 10.1. The van der Waals surface area contributed by atoms with Crippen molar-refractivity contribution in [3.8, 4) is 5.75 Å². The van der Waals surface area contributed by atoms with Gasteiger partial charge in [0, 0.05) is 21.4 Å². The highest BCUT2D eigenvalue weighted by molar-refractivity contribution is 14.1. The molecule has 22 heavy (non-hydrogen) atoms. The Balaban J connectivity index is 2.27. The van der Waals surface area contributed by atoms with Crippen molar-refractivity contribution in [3.63, 3.8) is 0 Å². The molecule has 8 heteroatoms. The molecule has 0 aliphatic carbocycles. The van der Waals surface area contributed by atoms with Crippen molar-refractivity contribution >= 4 is 51.5 Å². The van der Waals surface area contributed by atoms with Crippen LogP contribution >= 0.6 is 34.2 Å². The number of non-ortho nitro benzene ring substituents is 1. The number of hydrogen-bond acceptors (Lipinski definition) is 4. The van der Waals surface area contributed by atoms with Crippen LogP contribution in [-0.2, 0) is 0 Å². The average Bonchev–Trinajstić information content (AvgIpc) is 2.47. The monoisotopic (exact) mass is 432 g/mol. The molecular weight excluding hydrogens is 423 g/mol. The van der Waals surface area contributed by atoms with Crippen molar-refractivity contribution in [3.05, 3.63) is 60.7 Å². The molecule has 0 saturated carbocycles. The Bertz CT molecular complexity index is 752. The van der Waals surface area contributed by atoms with Gasteiger partial charge >= 0.3 is 0 Å². The Morgan fingerprint density at radius 3 is 2.64 bits per heavy atom. The topological polar surface area (TPSA) is 81.5 Å². The van der Waals surface area contributed by atoms with Gasteiger partial charge in [0.25, 0.3) is 11.6 Å². The highest BCUT2D eigenvalue weighted by Crippen LogP contribution is 2.28. The first-order valence-electron chi connectivity index (χ1n) is 6.01. The van der Waals surface area contributed by atoms with Gasteiger partial charge in [-0.05, 0) is 46.9 Å². The van der Waals surface area contributed by atoms with Gasteiger partial charge in [-0.1, -0.05) is 11.6 Å². The van der Waals surface area contributed by atoms with E-state index in [-0.39, 0.29) is 11.3 Å².